The molecular weight excluding hydrogens is 250 g/mol. The third kappa shape index (κ3) is 3.07. The Morgan fingerprint density at radius 2 is 1.90 bits per heavy atom. The van der Waals surface area contributed by atoms with Gasteiger partial charge in [-0.1, -0.05) is 32.0 Å². The number of rotatable bonds is 5. The standard InChI is InChI=1S/C16H21N3O/c1-4-8-14-18-15(17)11(3)16(19-14)20-13-10-7-6-9-12(13)5-2/h6-7,9-10H,4-5,8H2,1-3H3,(H2,17,18,19). The molecule has 0 atom stereocenters. The zero-order valence-electron chi connectivity index (χ0n) is 12.3. The summed E-state index contributed by atoms with van der Waals surface area (Å²) in [7, 11) is 0. The second-order valence-electron chi connectivity index (χ2n) is 4.77. The van der Waals surface area contributed by atoms with Crippen molar-refractivity contribution in [2.75, 3.05) is 5.73 Å². The minimum absolute atomic E-state index is 0.493. The van der Waals surface area contributed by atoms with E-state index in [1.807, 2.05) is 25.1 Å². The lowest BCUT2D eigenvalue weighted by Gasteiger charge is -2.13. The fraction of sp³-hybridized carbons (Fsp3) is 0.375. The van der Waals surface area contributed by atoms with E-state index in [1.54, 1.807) is 0 Å². The van der Waals surface area contributed by atoms with Crippen molar-refractivity contribution in [3.63, 3.8) is 0 Å². The van der Waals surface area contributed by atoms with Gasteiger partial charge in [0, 0.05) is 6.42 Å². The third-order valence-electron chi connectivity index (χ3n) is 3.22. The van der Waals surface area contributed by atoms with E-state index in [2.05, 4.69) is 29.9 Å². The molecule has 20 heavy (non-hydrogen) atoms. The number of nitrogens with two attached hydrogens (primary N) is 1. The second kappa shape index (κ2) is 6.37. The van der Waals surface area contributed by atoms with Crippen LogP contribution in [0.3, 0.4) is 0 Å². The minimum atomic E-state index is 0.493. The first-order valence-electron chi connectivity index (χ1n) is 7.04. The zero-order valence-corrected chi connectivity index (χ0v) is 12.3. The molecule has 0 aliphatic carbocycles. The number of aryl methyl sites for hydroxylation is 2. The highest BCUT2D eigenvalue weighted by molar-refractivity contribution is 5.47. The maximum Gasteiger partial charge on any atom is 0.227 e. The van der Waals surface area contributed by atoms with Crippen LogP contribution >= 0.6 is 0 Å². The fourth-order valence-corrected chi connectivity index (χ4v) is 1.99. The highest BCUT2D eigenvalue weighted by Crippen LogP contribution is 2.28. The molecular formula is C16H21N3O. The van der Waals surface area contributed by atoms with Gasteiger partial charge in [0.1, 0.15) is 17.4 Å². The Hall–Kier alpha value is -2.10. The predicted octanol–water partition coefficient (Wildman–Crippen LogP) is 3.67. The number of hydrogen-bond acceptors (Lipinski definition) is 4. The van der Waals surface area contributed by atoms with E-state index in [1.165, 1.54) is 0 Å². The highest BCUT2D eigenvalue weighted by atomic mass is 16.5. The van der Waals surface area contributed by atoms with Gasteiger partial charge in [0.25, 0.3) is 0 Å². The van der Waals surface area contributed by atoms with Crippen molar-refractivity contribution >= 4 is 5.82 Å². The molecule has 2 rings (SSSR count). The zero-order chi connectivity index (χ0) is 14.5. The predicted molar refractivity (Wildman–Crippen MR) is 81.1 cm³/mol. The molecule has 0 saturated heterocycles. The Kier molecular flexibility index (Phi) is 4.56. The van der Waals surface area contributed by atoms with Crippen LogP contribution in [0.4, 0.5) is 5.82 Å². The van der Waals surface area contributed by atoms with E-state index < -0.39 is 0 Å². The molecule has 0 spiro atoms. The molecule has 0 aliphatic heterocycles. The maximum absolute atomic E-state index is 5.97. The smallest absolute Gasteiger partial charge is 0.227 e. The topological polar surface area (TPSA) is 61.0 Å². The summed E-state index contributed by atoms with van der Waals surface area (Å²) in [6.45, 7) is 6.08. The Labute approximate surface area is 120 Å². The quantitative estimate of drug-likeness (QED) is 0.901. The SMILES string of the molecule is CCCc1nc(N)c(C)c(Oc2ccccc2CC)n1. The number of nitrogens with zero attached hydrogens (tertiary/aromatic N) is 2. The van der Waals surface area contributed by atoms with Crippen LogP contribution in [0.2, 0.25) is 0 Å². The molecule has 2 N–H and O–H groups in total. The molecule has 0 unspecified atom stereocenters. The largest absolute Gasteiger partial charge is 0.438 e. The van der Waals surface area contributed by atoms with E-state index >= 15 is 0 Å². The van der Waals surface area contributed by atoms with Crippen molar-refractivity contribution in [1.82, 2.24) is 9.97 Å². The number of para-hydroxylation sites is 1. The van der Waals surface area contributed by atoms with Crippen molar-refractivity contribution < 1.29 is 4.74 Å². The van der Waals surface area contributed by atoms with Crippen LogP contribution in [0.5, 0.6) is 11.6 Å². The molecule has 1 aromatic heterocycles. The van der Waals surface area contributed by atoms with Crippen LogP contribution in [0.25, 0.3) is 0 Å². The molecule has 2 aromatic rings. The Balaban J connectivity index is 2.37. The Bertz CT molecular complexity index is 596. The number of ether oxygens (including phenoxy) is 1. The summed E-state index contributed by atoms with van der Waals surface area (Å²) in [6.07, 6.45) is 2.70. The van der Waals surface area contributed by atoms with Crippen molar-refractivity contribution in [3.05, 3.63) is 41.2 Å². The normalized spacial score (nSPS) is 10.6. The second-order valence-corrected chi connectivity index (χ2v) is 4.77. The third-order valence-corrected chi connectivity index (χ3v) is 3.22. The molecule has 0 bridgehead atoms. The first kappa shape index (κ1) is 14.3. The molecule has 0 radical (unpaired) electrons. The van der Waals surface area contributed by atoms with Gasteiger partial charge in [-0.15, -0.1) is 0 Å². The van der Waals surface area contributed by atoms with E-state index in [-0.39, 0.29) is 0 Å². The molecule has 0 saturated carbocycles. The van der Waals surface area contributed by atoms with Gasteiger partial charge in [-0.25, -0.2) is 4.98 Å². The molecule has 106 valence electrons. The van der Waals surface area contributed by atoms with E-state index in [9.17, 15) is 0 Å². The monoisotopic (exact) mass is 271 g/mol. The van der Waals surface area contributed by atoms with Gasteiger partial charge in [0.2, 0.25) is 5.88 Å². The summed E-state index contributed by atoms with van der Waals surface area (Å²) in [5, 5.41) is 0. The summed E-state index contributed by atoms with van der Waals surface area (Å²) in [5.41, 5.74) is 7.89. The lowest BCUT2D eigenvalue weighted by molar-refractivity contribution is 0.449. The molecule has 1 heterocycles. The van der Waals surface area contributed by atoms with E-state index in [4.69, 9.17) is 10.5 Å². The number of benzene rings is 1. The van der Waals surface area contributed by atoms with Gasteiger partial charge in [0.05, 0.1) is 5.56 Å². The van der Waals surface area contributed by atoms with E-state index in [0.717, 1.165) is 42.0 Å². The molecule has 1 aromatic carbocycles. The average molecular weight is 271 g/mol. The van der Waals surface area contributed by atoms with Crippen molar-refractivity contribution in [2.45, 2.75) is 40.0 Å². The Morgan fingerprint density at radius 3 is 2.60 bits per heavy atom. The summed E-state index contributed by atoms with van der Waals surface area (Å²) in [6, 6.07) is 7.98. The maximum atomic E-state index is 5.97. The lowest BCUT2D eigenvalue weighted by Crippen LogP contribution is -2.05. The summed E-state index contributed by atoms with van der Waals surface area (Å²) >= 11 is 0. The number of hydrogen-bond donors (Lipinski definition) is 1. The molecule has 0 amide bonds. The molecule has 0 fully saturated rings. The lowest BCUT2D eigenvalue weighted by atomic mass is 10.1. The summed E-state index contributed by atoms with van der Waals surface area (Å²) in [4.78, 5) is 8.77. The van der Waals surface area contributed by atoms with Gasteiger partial charge in [-0.3, -0.25) is 0 Å². The van der Waals surface area contributed by atoms with Crippen LogP contribution in [0.1, 0.15) is 37.2 Å². The first-order valence-corrected chi connectivity index (χ1v) is 7.04. The van der Waals surface area contributed by atoms with Crippen molar-refractivity contribution in [2.24, 2.45) is 0 Å². The van der Waals surface area contributed by atoms with Gasteiger partial charge >= 0.3 is 0 Å². The summed E-state index contributed by atoms with van der Waals surface area (Å²) in [5.74, 6) is 2.62. The highest BCUT2D eigenvalue weighted by Gasteiger charge is 2.12. The number of nitrogen functional groups attached to an aromatic ring is 1. The van der Waals surface area contributed by atoms with Gasteiger partial charge in [-0.2, -0.15) is 4.98 Å². The fourth-order valence-electron chi connectivity index (χ4n) is 1.99. The van der Waals surface area contributed by atoms with Crippen LogP contribution in [0, 0.1) is 6.92 Å². The average Bonchev–Trinajstić information content (AvgIpc) is 2.45. The van der Waals surface area contributed by atoms with Crippen LogP contribution < -0.4 is 10.5 Å². The number of anilines is 1. The minimum Gasteiger partial charge on any atom is -0.438 e. The Morgan fingerprint density at radius 1 is 1.15 bits per heavy atom. The number of aromatic nitrogens is 2. The molecule has 0 aliphatic rings. The van der Waals surface area contributed by atoms with Crippen molar-refractivity contribution in [3.8, 4) is 11.6 Å². The van der Waals surface area contributed by atoms with E-state index in [0.29, 0.717) is 11.7 Å². The van der Waals surface area contributed by atoms with Crippen LogP contribution in [-0.2, 0) is 12.8 Å². The van der Waals surface area contributed by atoms with Gasteiger partial charge in [-0.05, 0) is 31.4 Å². The summed E-state index contributed by atoms with van der Waals surface area (Å²) < 4.78 is 5.97. The van der Waals surface area contributed by atoms with Gasteiger partial charge in [0.15, 0.2) is 0 Å². The van der Waals surface area contributed by atoms with Crippen molar-refractivity contribution in [1.29, 1.82) is 0 Å². The van der Waals surface area contributed by atoms with Crippen LogP contribution in [-0.4, -0.2) is 9.97 Å². The molecule has 4 nitrogen and oxygen atoms in total. The first-order chi connectivity index (χ1) is 9.65. The molecule has 4 heteroatoms. The van der Waals surface area contributed by atoms with Gasteiger partial charge < -0.3 is 10.5 Å². The van der Waals surface area contributed by atoms with Crippen LogP contribution in [0.15, 0.2) is 24.3 Å².